The number of hydrogen-bond donors (Lipinski definition) is 3. The average molecular weight is 292 g/mol. The van der Waals surface area contributed by atoms with Crippen LogP contribution >= 0.6 is 11.8 Å². The van der Waals surface area contributed by atoms with Crippen molar-refractivity contribution in [3.8, 4) is 0 Å². The number of hydrogen-bond acceptors (Lipinski definition) is 5. The lowest BCUT2D eigenvalue weighted by Gasteiger charge is -2.46. The molecular formula is C13H24O5S. The quantitative estimate of drug-likeness (QED) is 0.716. The lowest BCUT2D eigenvalue weighted by atomic mass is 9.77. The van der Waals surface area contributed by atoms with E-state index in [4.69, 9.17) is 9.84 Å². The second-order valence-electron chi connectivity index (χ2n) is 6.21. The first kappa shape index (κ1) is 16.8. The number of thioether (sulfide) groups is 1. The molecule has 112 valence electrons. The average Bonchev–Trinajstić information content (AvgIpc) is 2.27. The van der Waals surface area contributed by atoms with Gasteiger partial charge in [0.05, 0.1) is 30.2 Å². The maximum absolute atomic E-state index is 10.5. The molecule has 0 aliphatic carbocycles. The van der Waals surface area contributed by atoms with E-state index in [0.717, 1.165) is 0 Å². The monoisotopic (exact) mass is 292 g/mol. The molecule has 0 aromatic carbocycles. The van der Waals surface area contributed by atoms with Gasteiger partial charge in [-0.1, -0.05) is 27.7 Å². The van der Waals surface area contributed by atoms with Crippen LogP contribution < -0.4 is 0 Å². The Hall–Kier alpha value is -0.300. The summed E-state index contributed by atoms with van der Waals surface area (Å²) in [4.78, 5) is 10.5. The SMILES string of the molecule is CC1C(O)C(CSCC(=O)O)OC(C(C)(C)C)C1O. The fraction of sp³-hybridized carbons (Fsp3) is 0.923. The molecule has 5 atom stereocenters. The van der Waals surface area contributed by atoms with E-state index in [2.05, 4.69) is 0 Å². The summed E-state index contributed by atoms with van der Waals surface area (Å²) < 4.78 is 5.81. The molecule has 5 unspecified atom stereocenters. The van der Waals surface area contributed by atoms with Crippen molar-refractivity contribution in [1.82, 2.24) is 0 Å². The number of aliphatic carboxylic acids is 1. The minimum absolute atomic E-state index is 0.0102. The molecule has 0 saturated carbocycles. The Balaban J connectivity index is 2.68. The van der Waals surface area contributed by atoms with Crippen molar-refractivity contribution in [1.29, 1.82) is 0 Å². The van der Waals surface area contributed by atoms with Crippen molar-refractivity contribution in [2.45, 2.75) is 52.1 Å². The van der Waals surface area contributed by atoms with Crippen LogP contribution in [0.2, 0.25) is 0 Å². The van der Waals surface area contributed by atoms with Gasteiger partial charge >= 0.3 is 5.97 Å². The molecular weight excluding hydrogens is 268 g/mol. The largest absolute Gasteiger partial charge is 0.481 e. The summed E-state index contributed by atoms with van der Waals surface area (Å²) in [5, 5.41) is 28.9. The second-order valence-corrected chi connectivity index (χ2v) is 7.24. The molecule has 0 aromatic heterocycles. The summed E-state index contributed by atoms with van der Waals surface area (Å²) in [6, 6.07) is 0. The zero-order valence-corrected chi connectivity index (χ0v) is 12.7. The van der Waals surface area contributed by atoms with Gasteiger partial charge in [0.25, 0.3) is 0 Å². The van der Waals surface area contributed by atoms with Gasteiger partial charge in [-0.25, -0.2) is 0 Å². The van der Waals surface area contributed by atoms with Gasteiger partial charge in [0.2, 0.25) is 0 Å². The van der Waals surface area contributed by atoms with E-state index in [0.29, 0.717) is 5.75 Å². The lowest BCUT2D eigenvalue weighted by Crippen LogP contribution is -2.57. The molecule has 1 heterocycles. The van der Waals surface area contributed by atoms with E-state index in [1.165, 1.54) is 11.8 Å². The fourth-order valence-electron chi connectivity index (χ4n) is 2.28. The minimum atomic E-state index is -0.879. The van der Waals surface area contributed by atoms with Gasteiger partial charge in [0, 0.05) is 11.7 Å². The normalized spacial score (nSPS) is 36.2. The summed E-state index contributed by atoms with van der Waals surface area (Å²) in [5.41, 5.74) is -0.233. The van der Waals surface area contributed by atoms with E-state index in [9.17, 15) is 15.0 Å². The zero-order valence-electron chi connectivity index (χ0n) is 11.9. The Labute approximate surface area is 118 Å². The Morgan fingerprint density at radius 1 is 1.26 bits per heavy atom. The van der Waals surface area contributed by atoms with Crippen LogP contribution in [0.3, 0.4) is 0 Å². The van der Waals surface area contributed by atoms with Crippen molar-refractivity contribution in [2.75, 3.05) is 11.5 Å². The third kappa shape index (κ3) is 4.34. The number of ether oxygens (including phenoxy) is 1. The molecule has 1 fully saturated rings. The van der Waals surface area contributed by atoms with Crippen LogP contribution in [0.1, 0.15) is 27.7 Å². The second kappa shape index (κ2) is 6.43. The van der Waals surface area contributed by atoms with Gasteiger partial charge in [0.15, 0.2) is 0 Å². The molecule has 0 amide bonds. The summed E-state index contributed by atoms with van der Waals surface area (Å²) in [6.45, 7) is 7.73. The number of carboxylic acids is 1. The number of rotatable bonds is 4. The fourth-order valence-corrected chi connectivity index (χ4v) is 3.08. The minimum Gasteiger partial charge on any atom is -0.481 e. The Kier molecular flexibility index (Phi) is 5.67. The van der Waals surface area contributed by atoms with E-state index in [1.807, 2.05) is 20.8 Å². The van der Waals surface area contributed by atoms with Gasteiger partial charge in [-0.3, -0.25) is 4.79 Å². The highest BCUT2D eigenvalue weighted by Gasteiger charge is 2.46. The van der Waals surface area contributed by atoms with Crippen LogP contribution in [0.4, 0.5) is 0 Å². The lowest BCUT2D eigenvalue weighted by molar-refractivity contribution is -0.216. The molecule has 1 aliphatic heterocycles. The predicted molar refractivity (Wildman–Crippen MR) is 74.3 cm³/mol. The van der Waals surface area contributed by atoms with Crippen LogP contribution in [-0.2, 0) is 9.53 Å². The van der Waals surface area contributed by atoms with E-state index in [-0.39, 0.29) is 23.2 Å². The molecule has 1 saturated heterocycles. The maximum atomic E-state index is 10.5. The topological polar surface area (TPSA) is 87.0 Å². The van der Waals surface area contributed by atoms with Crippen LogP contribution in [0.5, 0.6) is 0 Å². The molecule has 0 bridgehead atoms. The molecule has 19 heavy (non-hydrogen) atoms. The Morgan fingerprint density at radius 3 is 2.32 bits per heavy atom. The Morgan fingerprint density at radius 2 is 1.84 bits per heavy atom. The van der Waals surface area contributed by atoms with E-state index < -0.39 is 24.3 Å². The highest BCUT2D eigenvalue weighted by Crippen LogP contribution is 2.36. The van der Waals surface area contributed by atoms with Crippen LogP contribution in [0.15, 0.2) is 0 Å². The van der Waals surface area contributed by atoms with Crippen LogP contribution in [-0.4, -0.2) is 57.2 Å². The summed E-state index contributed by atoms with van der Waals surface area (Å²) in [7, 11) is 0. The van der Waals surface area contributed by atoms with Crippen LogP contribution in [0, 0.1) is 11.3 Å². The van der Waals surface area contributed by atoms with E-state index >= 15 is 0 Å². The highest BCUT2D eigenvalue weighted by atomic mass is 32.2. The number of aliphatic hydroxyl groups is 2. The number of carboxylic acid groups (broad SMARTS) is 1. The molecule has 0 aromatic rings. The predicted octanol–water partition coefficient (Wildman–Crippen LogP) is 0.976. The van der Waals surface area contributed by atoms with Gasteiger partial charge in [0.1, 0.15) is 0 Å². The summed E-state index contributed by atoms with van der Waals surface area (Å²) >= 11 is 1.22. The van der Waals surface area contributed by atoms with Crippen molar-refractivity contribution in [3.63, 3.8) is 0 Å². The van der Waals surface area contributed by atoms with Crippen molar-refractivity contribution < 1.29 is 24.9 Å². The summed E-state index contributed by atoms with van der Waals surface area (Å²) in [6.07, 6.45) is -2.28. The molecule has 3 N–H and O–H groups in total. The summed E-state index contributed by atoms with van der Waals surface area (Å²) in [5.74, 6) is -0.759. The molecule has 1 aliphatic rings. The maximum Gasteiger partial charge on any atom is 0.313 e. The van der Waals surface area contributed by atoms with Crippen molar-refractivity contribution in [3.05, 3.63) is 0 Å². The Bertz CT molecular complexity index is 315. The molecule has 0 spiro atoms. The standard InChI is InChI=1S/C13H24O5S/c1-7-10(16)8(5-19-6-9(14)15)18-12(11(7)17)13(2,3)4/h7-8,10-12,16-17H,5-6H2,1-4H3,(H,14,15). The molecule has 6 heteroatoms. The number of aliphatic hydroxyl groups excluding tert-OH is 2. The first-order valence-electron chi connectivity index (χ1n) is 6.45. The van der Waals surface area contributed by atoms with Gasteiger partial charge in [-0.2, -0.15) is 0 Å². The molecule has 0 radical (unpaired) electrons. The van der Waals surface area contributed by atoms with Crippen molar-refractivity contribution in [2.24, 2.45) is 11.3 Å². The zero-order chi connectivity index (χ0) is 14.8. The number of carbonyl (C=O) groups is 1. The van der Waals surface area contributed by atoms with E-state index in [1.54, 1.807) is 6.92 Å². The molecule has 1 rings (SSSR count). The van der Waals surface area contributed by atoms with Gasteiger partial charge in [-0.05, 0) is 5.41 Å². The first-order valence-corrected chi connectivity index (χ1v) is 7.61. The highest BCUT2D eigenvalue weighted by molar-refractivity contribution is 7.99. The molecule has 5 nitrogen and oxygen atoms in total. The third-order valence-corrected chi connectivity index (χ3v) is 4.47. The smallest absolute Gasteiger partial charge is 0.313 e. The third-order valence-electron chi connectivity index (χ3n) is 3.45. The first-order chi connectivity index (χ1) is 8.64. The van der Waals surface area contributed by atoms with Crippen molar-refractivity contribution >= 4 is 17.7 Å². The van der Waals surface area contributed by atoms with Gasteiger partial charge in [-0.15, -0.1) is 11.8 Å². The van der Waals surface area contributed by atoms with Gasteiger partial charge < -0.3 is 20.1 Å². The van der Waals surface area contributed by atoms with Crippen LogP contribution in [0.25, 0.3) is 0 Å².